The third-order valence-electron chi connectivity index (χ3n) is 3.75. The maximum Gasteiger partial charge on any atom is 0.339 e. The fourth-order valence-corrected chi connectivity index (χ4v) is 2.51. The van der Waals surface area contributed by atoms with Crippen molar-refractivity contribution < 1.29 is 19.1 Å². The van der Waals surface area contributed by atoms with Crippen LogP contribution in [-0.2, 0) is 14.3 Å². The van der Waals surface area contributed by atoms with Crippen LogP contribution in [0.5, 0.6) is 0 Å². The van der Waals surface area contributed by atoms with E-state index >= 15 is 0 Å². The minimum atomic E-state index is -0.440. The highest BCUT2D eigenvalue weighted by molar-refractivity contribution is 6.02. The summed E-state index contributed by atoms with van der Waals surface area (Å²) in [7, 11) is 3.01. The van der Waals surface area contributed by atoms with Crippen molar-refractivity contribution in [3.63, 3.8) is 0 Å². The van der Waals surface area contributed by atoms with Crippen molar-refractivity contribution in [1.82, 2.24) is 0 Å². The molecule has 1 aromatic rings. The molecule has 1 aliphatic rings. The summed E-state index contributed by atoms with van der Waals surface area (Å²) in [6.07, 6.45) is 3.42. The molecular weight excluding hydrogens is 270 g/mol. The van der Waals surface area contributed by atoms with Gasteiger partial charge in [-0.1, -0.05) is 12.1 Å². The molecular formula is C16H21NO4. The zero-order chi connectivity index (χ0) is 15.2. The highest BCUT2D eigenvalue weighted by Gasteiger charge is 2.21. The van der Waals surface area contributed by atoms with Crippen LogP contribution >= 0.6 is 0 Å². The SMILES string of the molecule is COC(=O)c1ccccc1N(C)C(=O)CCC1CCCO1. The molecule has 1 aromatic carbocycles. The monoisotopic (exact) mass is 291 g/mol. The van der Waals surface area contributed by atoms with Crippen LogP contribution in [0.3, 0.4) is 0 Å². The number of methoxy groups -OCH3 is 1. The number of rotatable bonds is 5. The molecule has 1 aliphatic heterocycles. The maximum atomic E-state index is 12.3. The molecule has 0 spiro atoms. The van der Waals surface area contributed by atoms with E-state index in [0.717, 1.165) is 25.9 Å². The van der Waals surface area contributed by atoms with Gasteiger partial charge in [-0.2, -0.15) is 0 Å². The highest BCUT2D eigenvalue weighted by atomic mass is 16.5. The number of benzene rings is 1. The van der Waals surface area contributed by atoms with E-state index in [1.165, 1.54) is 12.0 Å². The second kappa shape index (κ2) is 7.22. The van der Waals surface area contributed by atoms with Crippen LogP contribution in [0.1, 0.15) is 36.0 Å². The van der Waals surface area contributed by atoms with Crippen molar-refractivity contribution in [2.45, 2.75) is 31.8 Å². The molecule has 1 heterocycles. The topological polar surface area (TPSA) is 55.8 Å². The van der Waals surface area contributed by atoms with Gasteiger partial charge in [0.05, 0.1) is 24.5 Å². The fraction of sp³-hybridized carbons (Fsp3) is 0.500. The lowest BCUT2D eigenvalue weighted by atomic mass is 10.1. The standard InChI is InChI=1S/C16H21NO4/c1-17(15(18)10-9-12-6-5-11-21-12)14-8-4-3-7-13(14)16(19)20-2/h3-4,7-8,12H,5-6,9-11H2,1-2H3. The Labute approximate surface area is 124 Å². The fourth-order valence-electron chi connectivity index (χ4n) is 2.51. The van der Waals surface area contributed by atoms with Gasteiger partial charge < -0.3 is 14.4 Å². The van der Waals surface area contributed by atoms with Crippen LogP contribution < -0.4 is 4.90 Å². The molecule has 0 aliphatic carbocycles. The first-order valence-corrected chi connectivity index (χ1v) is 7.19. The van der Waals surface area contributed by atoms with E-state index in [1.54, 1.807) is 31.3 Å². The van der Waals surface area contributed by atoms with Crippen molar-refractivity contribution >= 4 is 17.6 Å². The molecule has 21 heavy (non-hydrogen) atoms. The van der Waals surface area contributed by atoms with E-state index in [-0.39, 0.29) is 12.0 Å². The van der Waals surface area contributed by atoms with Gasteiger partial charge in [0.25, 0.3) is 0 Å². The number of hydrogen-bond donors (Lipinski definition) is 0. The summed E-state index contributed by atoms with van der Waals surface area (Å²) in [6.45, 7) is 0.792. The van der Waals surface area contributed by atoms with Gasteiger partial charge in [0, 0.05) is 20.1 Å². The number of hydrogen-bond acceptors (Lipinski definition) is 4. The molecule has 1 atom stereocenters. The highest BCUT2D eigenvalue weighted by Crippen LogP contribution is 2.22. The first-order valence-electron chi connectivity index (χ1n) is 7.19. The number of amides is 1. The Morgan fingerprint density at radius 1 is 1.38 bits per heavy atom. The Kier molecular flexibility index (Phi) is 5.33. The van der Waals surface area contributed by atoms with Crippen LogP contribution in [0.2, 0.25) is 0 Å². The zero-order valence-corrected chi connectivity index (χ0v) is 12.5. The molecule has 0 N–H and O–H groups in total. The van der Waals surface area contributed by atoms with E-state index in [4.69, 9.17) is 9.47 Å². The molecule has 0 saturated carbocycles. The van der Waals surface area contributed by atoms with Gasteiger partial charge in [0.15, 0.2) is 0 Å². The molecule has 1 amide bonds. The molecule has 1 fully saturated rings. The third kappa shape index (κ3) is 3.82. The van der Waals surface area contributed by atoms with Crippen LogP contribution in [0.4, 0.5) is 5.69 Å². The van der Waals surface area contributed by atoms with Gasteiger partial charge in [-0.25, -0.2) is 4.79 Å². The first-order chi connectivity index (χ1) is 10.1. The van der Waals surface area contributed by atoms with E-state index in [0.29, 0.717) is 17.7 Å². The van der Waals surface area contributed by atoms with Crippen LogP contribution in [-0.4, -0.2) is 38.7 Å². The van der Waals surface area contributed by atoms with Crippen molar-refractivity contribution in [2.75, 3.05) is 25.7 Å². The summed E-state index contributed by atoms with van der Waals surface area (Å²) in [6, 6.07) is 6.95. The lowest BCUT2D eigenvalue weighted by Crippen LogP contribution is -2.28. The number of carbonyl (C=O) groups is 2. The summed E-state index contributed by atoms with van der Waals surface area (Å²) in [4.78, 5) is 25.5. The Balaban J connectivity index is 2.02. The number of esters is 1. The normalized spacial score (nSPS) is 17.5. The Morgan fingerprint density at radius 3 is 2.81 bits per heavy atom. The minimum Gasteiger partial charge on any atom is -0.465 e. The average Bonchev–Trinajstić information content (AvgIpc) is 3.04. The third-order valence-corrected chi connectivity index (χ3v) is 3.75. The first kappa shape index (κ1) is 15.5. The molecule has 0 aromatic heterocycles. The number of ether oxygens (including phenoxy) is 2. The molecule has 1 unspecified atom stereocenters. The summed E-state index contributed by atoms with van der Waals surface area (Å²) >= 11 is 0. The van der Waals surface area contributed by atoms with Gasteiger partial charge in [0.2, 0.25) is 5.91 Å². The Hall–Kier alpha value is -1.88. The summed E-state index contributed by atoms with van der Waals surface area (Å²) < 4.78 is 10.3. The predicted molar refractivity (Wildman–Crippen MR) is 79.4 cm³/mol. The molecule has 0 bridgehead atoms. The lowest BCUT2D eigenvalue weighted by Gasteiger charge is -2.20. The number of carbonyl (C=O) groups excluding carboxylic acids is 2. The van der Waals surface area contributed by atoms with Gasteiger partial charge in [-0.15, -0.1) is 0 Å². The quantitative estimate of drug-likeness (QED) is 0.782. The van der Waals surface area contributed by atoms with Crippen molar-refractivity contribution in [2.24, 2.45) is 0 Å². The van der Waals surface area contributed by atoms with Crippen LogP contribution in [0.25, 0.3) is 0 Å². The van der Waals surface area contributed by atoms with Gasteiger partial charge in [-0.05, 0) is 31.4 Å². The van der Waals surface area contributed by atoms with Gasteiger partial charge in [0.1, 0.15) is 0 Å². The lowest BCUT2D eigenvalue weighted by molar-refractivity contribution is -0.118. The van der Waals surface area contributed by atoms with Crippen molar-refractivity contribution in [3.8, 4) is 0 Å². The Morgan fingerprint density at radius 2 is 2.14 bits per heavy atom. The minimum absolute atomic E-state index is 0.0261. The van der Waals surface area contributed by atoms with Crippen LogP contribution in [0, 0.1) is 0 Å². The van der Waals surface area contributed by atoms with E-state index in [1.807, 2.05) is 0 Å². The van der Waals surface area contributed by atoms with E-state index in [2.05, 4.69) is 0 Å². The largest absolute Gasteiger partial charge is 0.465 e. The summed E-state index contributed by atoms with van der Waals surface area (Å²) in [5.74, 6) is -0.466. The average molecular weight is 291 g/mol. The number of para-hydroxylation sites is 1. The second-order valence-electron chi connectivity index (χ2n) is 5.14. The van der Waals surface area contributed by atoms with Gasteiger partial charge in [-0.3, -0.25) is 4.79 Å². The molecule has 5 nitrogen and oxygen atoms in total. The van der Waals surface area contributed by atoms with Crippen LogP contribution in [0.15, 0.2) is 24.3 Å². The van der Waals surface area contributed by atoms with Crippen molar-refractivity contribution in [3.05, 3.63) is 29.8 Å². The molecule has 0 radical (unpaired) electrons. The molecule has 1 saturated heterocycles. The smallest absolute Gasteiger partial charge is 0.339 e. The number of anilines is 1. The maximum absolute atomic E-state index is 12.3. The second-order valence-corrected chi connectivity index (χ2v) is 5.14. The number of nitrogens with zero attached hydrogens (tertiary/aromatic N) is 1. The summed E-state index contributed by atoms with van der Waals surface area (Å²) in [5, 5.41) is 0. The van der Waals surface area contributed by atoms with E-state index in [9.17, 15) is 9.59 Å². The molecule has 5 heteroatoms. The molecule has 114 valence electrons. The molecule has 2 rings (SSSR count). The van der Waals surface area contributed by atoms with Gasteiger partial charge >= 0.3 is 5.97 Å². The Bertz CT molecular complexity index is 509. The van der Waals surface area contributed by atoms with E-state index < -0.39 is 5.97 Å². The summed E-state index contributed by atoms with van der Waals surface area (Å²) in [5.41, 5.74) is 0.967. The predicted octanol–water partition coefficient (Wildman–Crippen LogP) is 2.40. The van der Waals surface area contributed by atoms with Crippen molar-refractivity contribution in [1.29, 1.82) is 0 Å². The zero-order valence-electron chi connectivity index (χ0n) is 12.5.